The molecule has 0 radical (unpaired) electrons. The standard InChI is InChI=1S/C7H7IN2O2/c1-5(12)3-10-7(4-11)6(8)2-9-10/h2,4H,3H2,1H3. The lowest BCUT2D eigenvalue weighted by molar-refractivity contribution is -0.117. The largest absolute Gasteiger partial charge is 0.298 e. The number of ketones is 1. The number of aromatic nitrogens is 2. The Morgan fingerprint density at radius 1 is 1.83 bits per heavy atom. The molecular formula is C7H7IN2O2. The zero-order chi connectivity index (χ0) is 9.14. The van der Waals surface area contributed by atoms with Crippen molar-refractivity contribution < 1.29 is 9.59 Å². The number of Topliss-reactive ketones (excluding diaryl/α,β-unsaturated/α-hetero) is 1. The Bertz CT molecular complexity index is 319. The maximum atomic E-state index is 10.7. The summed E-state index contributed by atoms with van der Waals surface area (Å²) in [5.74, 6) is -0.0161. The van der Waals surface area contributed by atoms with E-state index in [1.54, 1.807) is 6.20 Å². The van der Waals surface area contributed by atoms with Gasteiger partial charge in [-0.2, -0.15) is 5.10 Å². The average molecular weight is 278 g/mol. The number of hydrogen-bond acceptors (Lipinski definition) is 3. The van der Waals surface area contributed by atoms with Gasteiger partial charge in [0.2, 0.25) is 0 Å². The fourth-order valence-electron chi connectivity index (χ4n) is 0.826. The Labute approximate surface area is 83.1 Å². The molecule has 4 nitrogen and oxygen atoms in total. The van der Waals surface area contributed by atoms with E-state index in [2.05, 4.69) is 5.10 Å². The van der Waals surface area contributed by atoms with Crippen molar-refractivity contribution in [3.63, 3.8) is 0 Å². The Kier molecular flexibility index (Phi) is 2.96. The Morgan fingerprint density at radius 3 is 3.00 bits per heavy atom. The van der Waals surface area contributed by atoms with Gasteiger partial charge in [-0.1, -0.05) is 0 Å². The highest BCUT2D eigenvalue weighted by molar-refractivity contribution is 14.1. The van der Waals surface area contributed by atoms with Gasteiger partial charge < -0.3 is 0 Å². The molecule has 64 valence electrons. The van der Waals surface area contributed by atoms with Crippen molar-refractivity contribution in [3.05, 3.63) is 15.5 Å². The molecule has 0 amide bonds. The van der Waals surface area contributed by atoms with Gasteiger partial charge in [-0.15, -0.1) is 0 Å². The Morgan fingerprint density at radius 2 is 2.50 bits per heavy atom. The summed E-state index contributed by atoms with van der Waals surface area (Å²) in [5.41, 5.74) is 0.464. The van der Waals surface area contributed by atoms with Crippen LogP contribution in [0.15, 0.2) is 6.20 Å². The molecular weight excluding hydrogens is 271 g/mol. The highest BCUT2D eigenvalue weighted by atomic mass is 127. The summed E-state index contributed by atoms with van der Waals surface area (Å²) in [6, 6.07) is 0. The number of rotatable bonds is 3. The lowest BCUT2D eigenvalue weighted by Gasteiger charge is -1.98. The average Bonchev–Trinajstić information content (AvgIpc) is 2.30. The maximum absolute atomic E-state index is 10.7. The van der Waals surface area contributed by atoms with Crippen LogP contribution in [0.4, 0.5) is 0 Å². The van der Waals surface area contributed by atoms with Gasteiger partial charge in [0.15, 0.2) is 12.1 Å². The second-order valence-electron chi connectivity index (χ2n) is 2.36. The molecule has 12 heavy (non-hydrogen) atoms. The molecule has 0 atom stereocenters. The van der Waals surface area contributed by atoms with E-state index in [0.717, 1.165) is 3.57 Å². The summed E-state index contributed by atoms with van der Waals surface area (Å²) in [6.07, 6.45) is 2.27. The normalized spacial score (nSPS) is 9.83. The number of hydrogen-bond donors (Lipinski definition) is 0. The number of aldehydes is 1. The van der Waals surface area contributed by atoms with Crippen molar-refractivity contribution >= 4 is 34.7 Å². The zero-order valence-electron chi connectivity index (χ0n) is 6.45. The van der Waals surface area contributed by atoms with Crippen LogP contribution < -0.4 is 0 Å². The Hall–Kier alpha value is -0.720. The predicted octanol–water partition coefficient (Wildman–Crippen LogP) is 0.889. The molecule has 0 fully saturated rings. The van der Waals surface area contributed by atoms with Crippen molar-refractivity contribution in [1.29, 1.82) is 0 Å². The van der Waals surface area contributed by atoms with Crippen LogP contribution in [0.5, 0.6) is 0 Å². The molecule has 0 N–H and O–H groups in total. The van der Waals surface area contributed by atoms with E-state index in [4.69, 9.17) is 0 Å². The number of carbonyl (C=O) groups excluding carboxylic acids is 2. The minimum absolute atomic E-state index is 0.0161. The van der Waals surface area contributed by atoms with Gasteiger partial charge in [0.1, 0.15) is 12.2 Å². The van der Waals surface area contributed by atoms with Crippen LogP contribution in [0, 0.1) is 3.57 Å². The van der Waals surface area contributed by atoms with E-state index < -0.39 is 0 Å². The van der Waals surface area contributed by atoms with E-state index in [1.807, 2.05) is 22.6 Å². The van der Waals surface area contributed by atoms with E-state index in [0.29, 0.717) is 12.0 Å². The zero-order valence-corrected chi connectivity index (χ0v) is 8.61. The van der Waals surface area contributed by atoms with Gasteiger partial charge in [0.25, 0.3) is 0 Å². The first-order valence-corrected chi connectivity index (χ1v) is 4.39. The lowest BCUT2D eigenvalue weighted by atomic mass is 10.4. The topological polar surface area (TPSA) is 52.0 Å². The molecule has 5 heteroatoms. The number of nitrogens with zero attached hydrogens (tertiary/aromatic N) is 2. The third-order valence-corrected chi connectivity index (χ3v) is 2.15. The predicted molar refractivity (Wildman–Crippen MR) is 51.0 cm³/mol. The first-order chi connectivity index (χ1) is 5.65. The highest BCUT2D eigenvalue weighted by Crippen LogP contribution is 2.08. The summed E-state index contributed by atoms with van der Waals surface area (Å²) in [7, 11) is 0. The van der Waals surface area contributed by atoms with Crippen molar-refractivity contribution in [1.82, 2.24) is 9.78 Å². The quantitative estimate of drug-likeness (QED) is 0.609. The van der Waals surface area contributed by atoms with Crippen LogP contribution in [-0.4, -0.2) is 21.8 Å². The summed E-state index contributed by atoms with van der Waals surface area (Å²) in [5, 5.41) is 3.88. The van der Waals surface area contributed by atoms with Crippen LogP contribution in [-0.2, 0) is 11.3 Å². The van der Waals surface area contributed by atoms with Crippen LogP contribution in [0.3, 0.4) is 0 Å². The van der Waals surface area contributed by atoms with Crippen LogP contribution >= 0.6 is 22.6 Å². The molecule has 0 aliphatic carbocycles. The monoisotopic (exact) mass is 278 g/mol. The molecule has 1 heterocycles. The van der Waals surface area contributed by atoms with Crippen LogP contribution in [0.2, 0.25) is 0 Å². The fourth-order valence-corrected chi connectivity index (χ4v) is 1.36. The molecule has 1 rings (SSSR count). The fraction of sp³-hybridized carbons (Fsp3) is 0.286. The van der Waals surface area contributed by atoms with Crippen molar-refractivity contribution in [2.45, 2.75) is 13.5 Å². The summed E-state index contributed by atoms with van der Waals surface area (Å²) in [4.78, 5) is 21.2. The van der Waals surface area contributed by atoms with Crippen molar-refractivity contribution in [2.75, 3.05) is 0 Å². The lowest BCUT2D eigenvalue weighted by Crippen LogP contribution is -2.10. The smallest absolute Gasteiger partial charge is 0.169 e. The molecule has 0 saturated heterocycles. The summed E-state index contributed by atoms with van der Waals surface area (Å²) < 4.78 is 2.17. The molecule has 0 aliphatic heterocycles. The summed E-state index contributed by atoms with van der Waals surface area (Å²) in [6.45, 7) is 1.63. The second-order valence-corrected chi connectivity index (χ2v) is 3.52. The van der Waals surface area contributed by atoms with Gasteiger partial charge in [0.05, 0.1) is 9.77 Å². The molecule has 0 unspecified atom stereocenters. The first kappa shape index (κ1) is 9.37. The minimum Gasteiger partial charge on any atom is -0.298 e. The number of halogens is 1. The van der Waals surface area contributed by atoms with E-state index >= 15 is 0 Å². The Balaban J connectivity index is 2.99. The molecule has 0 aromatic carbocycles. The second kappa shape index (κ2) is 3.79. The van der Waals surface area contributed by atoms with E-state index in [1.165, 1.54) is 11.6 Å². The molecule has 0 spiro atoms. The molecule has 1 aromatic rings. The van der Waals surface area contributed by atoms with E-state index in [9.17, 15) is 9.59 Å². The molecule has 0 saturated carbocycles. The van der Waals surface area contributed by atoms with Gasteiger partial charge in [-0.25, -0.2) is 0 Å². The van der Waals surface area contributed by atoms with Crippen molar-refractivity contribution in [3.8, 4) is 0 Å². The third-order valence-electron chi connectivity index (χ3n) is 1.32. The van der Waals surface area contributed by atoms with Crippen LogP contribution in [0.1, 0.15) is 17.4 Å². The van der Waals surface area contributed by atoms with Gasteiger partial charge in [0, 0.05) is 0 Å². The molecule has 0 aliphatic rings. The minimum atomic E-state index is -0.0161. The van der Waals surface area contributed by atoms with Crippen LogP contribution in [0.25, 0.3) is 0 Å². The first-order valence-electron chi connectivity index (χ1n) is 3.31. The molecule has 1 aromatic heterocycles. The maximum Gasteiger partial charge on any atom is 0.169 e. The SMILES string of the molecule is CC(=O)Cn1ncc(I)c1C=O. The van der Waals surface area contributed by atoms with Gasteiger partial charge >= 0.3 is 0 Å². The third kappa shape index (κ3) is 1.90. The van der Waals surface area contributed by atoms with Crippen molar-refractivity contribution in [2.24, 2.45) is 0 Å². The summed E-state index contributed by atoms with van der Waals surface area (Å²) >= 11 is 2.00. The highest BCUT2D eigenvalue weighted by Gasteiger charge is 2.07. The van der Waals surface area contributed by atoms with Gasteiger partial charge in [-0.05, 0) is 29.5 Å². The molecule has 0 bridgehead atoms. The van der Waals surface area contributed by atoms with Gasteiger partial charge in [-0.3, -0.25) is 14.3 Å². The number of carbonyl (C=O) groups is 2. The van der Waals surface area contributed by atoms with E-state index in [-0.39, 0.29) is 12.3 Å².